The third-order valence-corrected chi connectivity index (χ3v) is 3.80. The van der Waals surface area contributed by atoms with Crippen molar-refractivity contribution < 1.29 is 14.7 Å². The van der Waals surface area contributed by atoms with E-state index in [2.05, 4.69) is 17.6 Å². The predicted octanol–water partition coefficient (Wildman–Crippen LogP) is 2.25. The fraction of sp³-hybridized carbons (Fsp3) is 0.467. The molecule has 0 aliphatic carbocycles. The van der Waals surface area contributed by atoms with Crippen LogP contribution in [0.15, 0.2) is 24.3 Å². The lowest BCUT2D eigenvalue weighted by Gasteiger charge is -2.15. The molecule has 0 radical (unpaired) electrons. The Morgan fingerprint density at radius 3 is 2.52 bits per heavy atom. The number of carboxylic acids is 1. The number of hydrogen-bond acceptors (Lipinski definition) is 3. The van der Waals surface area contributed by atoms with Crippen LogP contribution in [0.5, 0.6) is 0 Å². The Hall–Kier alpha value is -1.69. The summed E-state index contributed by atoms with van der Waals surface area (Å²) >= 11 is 1.55. The summed E-state index contributed by atoms with van der Waals surface area (Å²) in [4.78, 5) is 22.9. The van der Waals surface area contributed by atoms with Gasteiger partial charge in [-0.2, -0.15) is 11.8 Å². The van der Waals surface area contributed by atoms with Crippen molar-refractivity contribution in [1.29, 1.82) is 0 Å². The molecule has 0 aliphatic heterocycles. The van der Waals surface area contributed by atoms with Crippen LogP contribution in [-0.2, 0) is 17.8 Å². The molecule has 21 heavy (non-hydrogen) atoms. The van der Waals surface area contributed by atoms with Gasteiger partial charge in [0.1, 0.15) is 6.04 Å². The van der Waals surface area contributed by atoms with Crippen molar-refractivity contribution in [2.75, 3.05) is 12.0 Å². The van der Waals surface area contributed by atoms with Crippen LogP contribution < -0.4 is 10.6 Å². The van der Waals surface area contributed by atoms with Crippen LogP contribution in [0.4, 0.5) is 4.79 Å². The van der Waals surface area contributed by atoms with E-state index in [0.29, 0.717) is 18.7 Å². The molecule has 5 nitrogen and oxygen atoms in total. The summed E-state index contributed by atoms with van der Waals surface area (Å²) in [7, 11) is 0. The van der Waals surface area contributed by atoms with E-state index in [1.807, 2.05) is 30.5 Å². The van der Waals surface area contributed by atoms with Crippen molar-refractivity contribution in [3.63, 3.8) is 0 Å². The first-order valence-electron chi connectivity index (χ1n) is 6.91. The predicted molar refractivity (Wildman–Crippen MR) is 85.6 cm³/mol. The monoisotopic (exact) mass is 310 g/mol. The van der Waals surface area contributed by atoms with E-state index in [0.717, 1.165) is 12.0 Å². The molecule has 1 atom stereocenters. The summed E-state index contributed by atoms with van der Waals surface area (Å²) in [5.74, 6) is -0.316. The Morgan fingerprint density at radius 2 is 1.95 bits per heavy atom. The van der Waals surface area contributed by atoms with E-state index in [1.165, 1.54) is 5.56 Å². The molecule has 0 unspecified atom stereocenters. The molecule has 6 heteroatoms. The molecule has 0 bridgehead atoms. The number of hydrogen-bond donors (Lipinski definition) is 3. The minimum atomic E-state index is -1.01. The molecule has 2 amide bonds. The second kappa shape index (κ2) is 9.28. The highest BCUT2D eigenvalue weighted by molar-refractivity contribution is 7.98. The van der Waals surface area contributed by atoms with E-state index >= 15 is 0 Å². The topological polar surface area (TPSA) is 78.4 Å². The van der Waals surface area contributed by atoms with Crippen molar-refractivity contribution >= 4 is 23.8 Å². The largest absolute Gasteiger partial charge is 0.480 e. The number of nitrogens with one attached hydrogen (secondary N) is 2. The molecule has 1 rings (SSSR count). The Bertz CT molecular complexity index is 480. The highest BCUT2D eigenvalue weighted by Gasteiger charge is 2.19. The van der Waals surface area contributed by atoms with E-state index < -0.39 is 18.0 Å². The maximum atomic E-state index is 11.8. The number of amides is 2. The van der Waals surface area contributed by atoms with Gasteiger partial charge in [-0.15, -0.1) is 0 Å². The minimum Gasteiger partial charge on any atom is -0.480 e. The standard InChI is InChI=1S/C15H22N2O3S/c1-3-11-6-4-5-7-12(11)10-16-15(20)17-13(14(18)19)8-9-21-2/h4-7,13H,3,8-10H2,1-2H3,(H,18,19)(H2,16,17,20)/t13-/m0/s1. The van der Waals surface area contributed by atoms with Crippen LogP contribution in [0.3, 0.4) is 0 Å². The van der Waals surface area contributed by atoms with Gasteiger partial charge in [0.2, 0.25) is 0 Å². The smallest absolute Gasteiger partial charge is 0.326 e. The molecule has 116 valence electrons. The summed E-state index contributed by atoms with van der Waals surface area (Å²) in [5, 5.41) is 14.3. The Balaban J connectivity index is 2.50. The maximum Gasteiger partial charge on any atom is 0.326 e. The molecule has 0 aromatic heterocycles. The Labute approximate surface area is 129 Å². The van der Waals surface area contributed by atoms with Gasteiger partial charge in [-0.25, -0.2) is 9.59 Å². The minimum absolute atomic E-state index is 0.394. The molecule has 3 N–H and O–H groups in total. The molecule has 1 aromatic carbocycles. The van der Waals surface area contributed by atoms with Crippen molar-refractivity contribution in [1.82, 2.24) is 10.6 Å². The molecular weight excluding hydrogens is 288 g/mol. The molecule has 0 fully saturated rings. The van der Waals surface area contributed by atoms with E-state index in [4.69, 9.17) is 5.11 Å². The average molecular weight is 310 g/mol. The van der Waals surface area contributed by atoms with E-state index in [1.54, 1.807) is 11.8 Å². The van der Waals surface area contributed by atoms with Gasteiger partial charge in [0.05, 0.1) is 0 Å². The molecule has 0 saturated heterocycles. The molecule has 0 spiro atoms. The number of carbonyl (C=O) groups is 2. The van der Waals surface area contributed by atoms with Gasteiger partial charge in [0.25, 0.3) is 0 Å². The summed E-state index contributed by atoms with van der Waals surface area (Å²) in [6, 6.07) is 6.57. The highest BCUT2D eigenvalue weighted by Crippen LogP contribution is 2.09. The lowest BCUT2D eigenvalue weighted by Crippen LogP contribution is -2.46. The maximum absolute atomic E-state index is 11.8. The Kier molecular flexibility index (Phi) is 7.68. The van der Waals surface area contributed by atoms with Crippen molar-refractivity contribution in [3.8, 4) is 0 Å². The molecule has 0 heterocycles. The zero-order chi connectivity index (χ0) is 15.7. The average Bonchev–Trinajstić information content (AvgIpc) is 2.49. The summed E-state index contributed by atoms with van der Waals surface area (Å²) in [6.45, 7) is 2.45. The number of carboxylic acid groups (broad SMARTS) is 1. The van der Waals surface area contributed by atoms with Crippen molar-refractivity contribution in [3.05, 3.63) is 35.4 Å². The fourth-order valence-electron chi connectivity index (χ4n) is 1.95. The lowest BCUT2D eigenvalue weighted by atomic mass is 10.1. The normalized spacial score (nSPS) is 11.7. The zero-order valence-electron chi connectivity index (χ0n) is 12.4. The number of thioether (sulfide) groups is 1. The van der Waals surface area contributed by atoms with Crippen LogP contribution in [0.2, 0.25) is 0 Å². The van der Waals surface area contributed by atoms with E-state index in [-0.39, 0.29) is 0 Å². The van der Waals surface area contributed by atoms with Crippen LogP contribution in [0.25, 0.3) is 0 Å². The highest BCUT2D eigenvalue weighted by atomic mass is 32.2. The summed E-state index contributed by atoms with van der Waals surface area (Å²) in [6.07, 6.45) is 3.21. The molecule has 1 aromatic rings. The third kappa shape index (κ3) is 6.08. The molecule has 0 aliphatic rings. The summed E-state index contributed by atoms with van der Waals surface area (Å²) in [5.41, 5.74) is 2.22. The van der Waals surface area contributed by atoms with Gasteiger partial charge in [-0.05, 0) is 36.0 Å². The van der Waals surface area contributed by atoms with Gasteiger partial charge < -0.3 is 15.7 Å². The number of rotatable bonds is 8. The van der Waals surface area contributed by atoms with Crippen LogP contribution in [0, 0.1) is 0 Å². The first-order chi connectivity index (χ1) is 10.1. The SMILES string of the molecule is CCc1ccccc1CNC(=O)N[C@@H](CCSC)C(=O)O. The van der Waals surface area contributed by atoms with Gasteiger partial charge >= 0.3 is 12.0 Å². The second-order valence-electron chi connectivity index (χ2n) is 4.62. The first-order valence-corrected chi connectivity index (χ1v) is 8.30. The molecule has 0 saturated carbocycles. The first kappa shape index (κ1) is 17.4. The Morgan fingerprint density at radius 1 is 1.29 bits per heavy atom. The van der Waals surface area contributed by atoms with Crippen LogP contribution >= 0.6 is 11.8 Å². The van der Waals surface area contributed by atoms with Crippen molar-refractivity contribution in [2.45, 2.75) is 32.4 Å². The number of carbonyl (C=O) groups excluding carboxylic acids is 1. The number of urea groups is 1. The number of benzene rings is 1. The van der Waals surface area contributed by atoms with Gasteiger partial charge in [0, 0.05) is 6.54 Å². The van der Waals surface area contributed by atoms with Gasteiger partial charge in [0.15, 0.2) is 0 Å². The third-order valence-electron chi connectivity index (χ3n) is 3.15. The fourth-order valence-corrected chi connectivity index (χ4v) is 2.42. The van der Waals surface area contributed by atoms with Gasteiger partial charge in [-0.1, -0.05) is 31.2 Å². The zero-order valence-corrected chi connectivity index (χ0v) is 13.2. The van der Waals surface area contributed by atoms with Gasteiger partial charge in [-0.3, -0.25) is 0 Å². The second-order valence-corrected chi connectivity index (χ2v) is 5.61. The van der Waals surface area contributed by atoms with Crippen LogP contribution in [0.1, 0.15) is 24.5 Å². The molecular formula is C15H22N2O3S. The van der Waals surface area contributed by atoms with E-state index in [9.17, 15) is 9.59 Å². The lowest BCUT2D eigenvalue weighted by molar-refractivity contribution is -0.139. The van der Waals surface area contributed by atoms with Crippen LogP contribution in [-0.4, -0.2) is 35.2 Å². The van der Waals surface area contributed by atoms with Crippen molar-refractivity contribution in [2.24, 2.45) is 0 Å². The quantitative estimate of drug-likeness (QED) is 0.688. The summed E-state index contributed by atoms with van der Waals surface area (Å²) < 4.78 is 0. The number of aryl methyl sites for hydroxylation is 1. The number of aliphatic carboxylic acids is 1.